The summed E-state index contributed by atoms with van der Waals surface area (Å²) in [6.07, 6.45) is 5.24. The average molecular weight is 276 g/mol. The Balaban J connectivity index is 1.73. The molecule has 1 aromatic rings. The van der Waals surface area contributed by atoms with Crippen molar-refractivity contribution in [3.63, 3.8) is 0 Å². The van der Waals surface area contributed by atoms with Crippen molar-refractivity contribution < 1.29 is 9.59 Å². The molecular weight excluding hydrogens is 256 g/mol. The molecule has 0 aromatic carbocycles. The highest BCUT2D eigenvalue weighted by molar-refractivity contribution is 5.94. The van der Waals surface area contributed by atoms with E-state index in [4.69, 9.17) is 0 Å². The molecule has 6 nitrogen and oxygen atoms in total. The van der Waals surface area contributed by atoms with Crippen molar-refractivity contribution in [2.24, 2.45) is 7.05 Å². The quantitative estimate of drug-likeness (QED) is 0.853. The normalized spacial score (nSPS) is 26.2. The zero-order chi connectivity index (χ0) is 14.3. The molecule has 1 aliphatic carbocycles. The summed E-state index contributed by atoms with van der Waals surface area (Å²) in [5.74, 6) is 0.468. The Morgan fingerprint density at radius 2 is 2.20 bits per heavy atom. The predicted octanol–water partition coefficient (Wildman–Crippen LogP) is 0.694. The van der Waals surface area contributed by atoms with Crippen molar-refractivity contribution in [1.29, 1.82) is 0 Å². The smallest absolute Gasteiger partial charge is 0.270 e. The fraction of sp³-hybridized carbons (Fsp3) is 0.643. The molecule has 2 atom stereocenters. The lowest BCUT2D eigenvalue weighted by atomic mass is 9.99. The van der Waals surface area contributed by atoms with Crippen molar-refractivity contribution in [2.45, 2.75) is 50.6 Å². The number of nitrogens with zero attached hydrogens (tertiary/aromatic N) is 2. The molecule has 2 fully saturated rings. The summed E-state index contributed by atoms with van der Waals surface area (Å²) < 4.78 is 1.65. The van der Waals surface area contributed by atoms with Crippen LogP contribution in [0.1, 0.15) is 54.6 Å². The van der Waals surface area contributed by atoms with Gasteiger partial charge in [-0.3, -0.25) is 14.3 Å². The fourth-order valence-corrected chi connectivity index (χ4v) is 2.82. The van der Waals surface area contributed by atoms with Gasteiger partial charge in [-0.05, 0) is 32.1 Å². The number of rotatable bonds is 3. The summed E-state index contributed by atoms with van der Waals surface area (Å²) >= 11 is 0. The SMILES string of the molecule is CC1NC(=O)CCC1NC(=O)c1c(C2CC2)cnn1C. The first-order valence-electron chi connectivity index (χ1n) is 7.18. The lowest BCUT2D eigenvalue weighted by molar-refractivity contribution is -0.123. The van der Waals surface area contributed by atoms with E-state index in [0.717, 1.165) is 18.4 Å². The zero-order valence-electron chi connectivity index (χ0n) is 11.8. The lowest BCUT2D eigenvalue weighted by Crippen LogP contribution is -2.54. The monoisotopic (exact) mass is 276 g/mol. The van der Waals surface area contributed by atoms with Crippen LogP contribution in [-0.2, 0) is 11.8 Å². The van der Waals surface area contributed by atoms with Gasteiger partial charge < -0.3 is 10.6 Å². The highest BCUT2D eigenvalue weighted by Gasteiger charge is 2.33. The molecule has 2 N–H and O–H groups in total. The van der Waals surface area contributed by atoms with E-state index in [1.54, 1.807) is 17.9 Å². The second-order valence-electron chi connectivity index (χ2n) is 5.82. The van der Waals surface area contributed by atoms with Gasteiger partial charge in [-0.15, -0.1) is 0 Å². The first kappa shape index (κ1) is 13.1. The molecule has 1 saturated carbocycles. The number of carbonyl (C=O) groups is 2. The van der Waals surface area contributed by atoms with Crippen LogP contribution in [0.2, 0.25) is 0 Å². The number of aromatic nitrogens is 2. The Morgan fingerprint density at radius 3 is 2.85 bits per heavy atom. The van der Waals surface area contributed by atoms with Crippen molar-refractivity contribution in [3.8, 4) is 0 Å². The van der Waals surface area contributed by atoms with Gasteiger partial charge >= 0.3 is 0 Å². The third kappa shape index (κ3) is 2.42. The maximum absolute atomic E-state index is 12.5. The molecule has 1 aromatic heterocycles. The Morgan fingerprint density at radius 1 is 1.45 bits per heavy atom. The fourth-order valence-electron chi connectivity index (χ4n) is 2.82. The van der Waals surface area contributed by atoms with Crippen LogP contribution in [0.3, 0.4) is 0 Å². The average Bonchev–Trinajstić information content (AvgIpc) is 3.16. The predicted molar refractivity (Wildman–Crippen MR) is 73.3 cm³/mol. The van der Waals surface area contributed by atoms with Gasteiger partial charge in [0.05, 0.1) is 6.20 Å². The first-order chi connectivity index (χ1) is 9.56. The third-order valence-electron chi connectivity index (χ3n) is 4.19. The van der Waals surface area contributed by atoms with E-state index in [9.17, 15) is 9.59 Å². The first-order valence-corrected chi connectivity index (χ1v) is 7.18. The lowest BCUT2D eigenvalue weighted by Gasteiger charge is -2.30. The van der Waals surface area contributed by atoms with Gasteiger partial charge in [0, 0.05) is 31.1 Å². The van der Waals surface area contributed by atoms with Crippen LogP contribution in [0.5, 0.6) is 0 Å². The van der Waals surface area contributed by atoms with Crippen LogP contribution in [0.15, 0.2) is 6.20 Å². The second kappa shape index (κ2) is 4.92. The molecule has 1 aliphatic heterocycles. The molecule has 2 unspecified atom stereocenters. The Bertz CT molecular complexity index is 547. The summed E-state index contributed by atoms with van der Waals surface area (Å²) in [4.78, 5) is 23.8. The number of hydrogen-bond acceptors (Lipinski definition) is 3. The molecule has 0 bridgehead atoms. The van der Waals surface area contributed by atoms with E-state index in [-0.39, 0.29) is 23.9 Å². The number of aryl methyl sites for hydroxylation is 1. The molecule has 2 amide bonds. The molecular formula is C14H20N4O2. The summed E-state index contributed by atoms with van der Waals surface area (Å²) in [5, 5.41) is 10.1. The zero-order valence-corrected chi connectivity index (χ0v) is 11.8. The number of carbonyl (C=O) groups excluding carboxylic acids is 2. The molecule has 0 radical (unpaired) electrons. The van der Waals surface area contributed by atoms with Crippen LogP contribution in [0.25, 0.3) is 0 Å². The molecule has 3 rings (SSSR count). The highest BCUT2D eigenvalue weighted by Crippen LogP contribution is 2.41. The van der Waals surface area contributed by atoms with Crippen LogP contribution in [-0.4, -0.2) is 33.7 Å². The maximum Gasteiger partial charge on any atom is 0.270 e. The van der Waals surface area contributed by atoms with Crippen molar-refractivity contribution in [3.05, 3.63) is 17.5 Å². The summed E-state index contributed by atoms with van der Waals surface area (Å²) in [5.41, 5.74) is 1.72. The van der Waals surface area contributed by atoms with E-state index in [1.165, 1.54) is 0 Å². The van der Waals surface area contributed by atoms with E-state index < -0.39 is 0 Å². The van der Waals surface area contributed by atoms with Gasteiger partial charge in [0.2, 0.25) is 5.91 Å². The van der Waals surface area contributed by atoms with E-state index >= 15 is 0 Å². The van der Waals surface area contributed by atoms with Gasteiger partial charge in [0.15, 0.2) is 0 Å². The molecule has 2 aliphatic rings. The summed E-state index contributed by atoms with van der Waals surface area (Å²) in [6.45, 7) is 1.92. The molecule has 6 heteroatoms. The molecule has 108 valence electrons. The minimum absolute atomic E-state index is 0.0119. The Labute approximate surface area is 117 Å². The molecule has 0 spiro atoms. The molecule has 1 saturated heterocycles. The summed E-state index contributed by atoms with van der Waals surface area (Å²) in [7, 11) is 1.80. The van der Waals surface area contributed by atoms with Crippen LogP contribution >= 0.6 is 0 Å². The minimum Gasteiger partial charge on any atom is -0.352 e. The minimum atomic E-state index is -0.0834. The van der Waals surface area contributed by atoms with Crippen LogP contribution < -0.4 is 10.6 Å². The van der Waals surface area contributed by atoms with Crippen molar-refractivity contribution in [1.82, 2.24) is 20.4 Å². The number of nitrogens with one attached hydrogen (secondary N) is 2. The molecule has 2 heterocycles. The topological polar surface area (TPSA) is 76.0 Å². The summed E-state index contributed by atoms with van der Waals surface area (Å²) in [6, 6.07) is -0.0417. The van der Waals surface area contributed by atoms with Gasteiger partial charge in [-0.2, -0.15) is 5.10 Å². The van der Waals surface area contributed by atoms with E-state index in [2.05, 4.69) is 15.7 Å². The van der Waals surface area contributed by atoms with Crippen molar-refractivity contribution >= 4 is 11.8 Å². The highest BCUT2D eigenvalue weighted by atomic mass is 16.2. The second-order valence-corrected chi connectivity index (χ2v) is 5.82. The van der Waals surface area contributed by atoms with Gasteiger partial charge in [0.1, 0.15) is 5.69 Å². The maximum atomic E-state index is 12.5. The number of amides is 2. The Kier molecular flexibility index (Phi) is 3.23. The van der Waals surface area contributed by atoms with Gasteiger partial charge in [0.25, 0.3) is 5.91 Å². The number of hydrogen-bond donors (Lipinski definition) is 2. The van der Waals surface area contributed by atoms with E-state index in [1.807, 2.05) is 6.92 Å². The number of piperidine rings is 1. The van der Waals surface area contributed by atoms with Gasteiger partial charge in [-0.25, -0.2) is 0 Å². The van der Waals surface area contributed by atoms with Crippen molar-refractivity contribution in [2.75, 3.05) is 0 Å². The third-order valence-corrected chi connectivity index (χ3v) is 4.19. The largest absolute Gasteiger partial charge is 0.352 e. The molecule has 20 heavy (non-hydrogen) atoms. The van der Waals surface area contributed by atoms with Gasteiger partial charge in [-0.1, -0.05) is 0 Å². The van der Waals surface area contributed by atoms with Crippen LogP contribution in [0, 0.1) is 0 Å². The van der Waals surface area contributed by atoms with Crippen LogP contribution in [0.4, 0.5) is 0 Å². The van der Waals surface area contributed by atoms with E-state index in [0.29, 0.717) is 24.5 Å². The standard InChI is InChI=1S/C14H20N4O2/c1-8-11(5-6-12(19)16-8)17-14(20)13-10(9-3-4-9)7-15-18(13)2/h7-9,11H,3-6H2,1-2H3,(H,16,19)(H,17,20). The Hall–Kier alpha value is -1.85.